The number of amides is 3. The number of esters is 1. The van der Waals surface area contributed by atoms with Gasteiger partial charge in [-0.2, -0.15) is 0 Å². The van der Waals surface area contributed by atoms with Crippen molar-refractivity contribution in [1.82, 2.24) is 15.5 Å². The minimum Gasteiger partial charge on any atom is -0.462 e. The molecule has 10 heteroatoms. The maximum absolute atomic E-state index is 13.9. The Morgan fingerprint density at radius 2 is 1.46 bits per heavy atom. The van der Waals surface area contributed by atoms with Crippen LogP contribution in [0.25, 0.3) is 11.1 Å². The molecule has 0 saturated carbocycles. The van der Waals surface area contributed by atoms with Gasteiger partial charge < -0.3 is 30.1 Å². The van der Waals surface area contributed by atoms with Crippen LogP contribution in [-0.2, 0) is 43.2 Å². The molecule has 57 heavy (non-hydrogen) atoms. The van der Waals surface area contributed by atoms with Crippen molar-refractivity contribution in [3.63, 3.8) is 0 Å². The molecule has 0 saturated heterocycles. The van der Waals surface area contributed by atoms with Crippen LogP contribution in [-0.4, -0.2) is 71.8 Å². The predicted octanol–water partition coefficient (Wildman–Crippen LogP) is 6.66. The number of hydrogen-bond donors (Lipinski definition) is 3. The van der Waals surface area contributed by atoms with Gasteiger partial charge in [0.15, 0.2) is 0 Å². The zero-order chi connectivity index (χ0) is 40.1. The summed E-state index contributed by atoms with van der Waals surface area (Å²) in [4.78, 5) is 56.1. The monoisotopic (exact) mass is 769 g/mol. The third kappa shape index (κ3) is 10.3. The van der Waals surface area contributed by atoms with Crippen LogP contribution >= 0.6 is 0 Å². The normalized spacial score (nSPS) is 15.8. The summed E-state index contributed by atoms with van der Waals surface area (Å²) in [5.74, 6) is -2.16. The lowest BCUT2D eigenvalue weighted by molar-refractivity contribution is -0.147. The molecule has 6 rings (SSSR count). The minimum absolute atomic E-state index is 0.0813. The summed E-state index contributed by atoms with van der Waals surface area (Å²) >= 11 is 0. The van der Waals surface area contributed by atoms with Crippen LogP contribution in [0, 0.1) is 5.92 Å². The molecule has 0 radical (unpaired) electrons. The Labute approximate surface area is 334 Å². The molecule has 0 fully saturated rings. The van der Waals surface area contributed by atoms with Gasteiger partial charge in [0.25, 0.3) is 0 Å². The summed E-state index contributed by atoms with van der Waals surface area (Å²) in [6.07, 6.45) is 4.25. The SMILES string of the molecule is C=CCC[C@H](NC(=O)OCC1c2ccccc2-c2ccccc21)C(=O)OC[C@H](Cc1ccccc1)NC(=O)[C@H](CC=C)CC(=O)N1Cc2ccccc2C[C@H]1CO. The second-order valence-electron chi connectivity index (χ2n) is 14.7. The van der Waals surface area contributed by atoms with E-state index in [0.717, 1.165) is 38.9 Å². The molecule has 296 valence electrons. The van der Waals surface area contributed by atoms with E-state index >= 15 is 0 Å². The third-order valence-electron chi connectivity index (χ3n) is 10.8. The van der Waals surface area contributed by atoms with E-state index in [0.29, 0.717) is 25.8 Å². The first-order valence-electron chi connectivity index (χ1n) is 19.6. The number of carbonyl (C=O) groups is 4. The average molecular weight is 770 g/mol. The fourth-order valence-corrected chi connectivity index (χ4v) is 7.82. The van der Waals surface area contributed by atoms with Crippen LogP contribution in [0.4, 0.5) is 4.79 Å². The molecule has 0 spiro atoms. The van der Waals surface area contributed by atoms with E-state index in [1.54, 1.807) is 17.1 Å². The van der Waals surface area contributed by atoms with Gasteiger partial charge in [-0.3, -0.25) is 9.59 Å². The number of benzene rings is 4. The zero-order valence-corrected chi connectivity index (χ0v) is 32.2. The molecule has 1 heterocycles. The maximum Gasteiger partial charge on any atom is 0.407 e. The van der Waals surface area contributed by atoms with Gasteiger partial charge in [-0.15, -0.1) is 13.2 Å². The Bertz CT molecular complexity index is 2000. The Kier molecular flexibility index (Phi) is 14.1. The number of aliphatic hydroxyl groups excluding tert-OH is 1. The van der Waals surface area contributed by atoms with E-state index in [2.05, 4.69) is 35.9 Å². The van der Waals surface area contributed by atoms with E-state index < -0.39 is 30.1 Å². The van der Waals surface area contributed by atoms with Crippen molar-refractivity contribution in [2.24, 2.45) is 5.92 Å². The second-order valence-corrected chi connectivity index (χ2v) is 14.7. The highest BCUT2D eigenvalue weighted by molar-refractivity contribution is 5.87. The molecule has 0 bridgehead atoms. The van der Waals surface area contributed by atoms with Crippen LogP contribution in [0.3, 0.4) is 0 Å². The molecule has 3 amide bonds. The van der Waals surface area contributed by atoms with E-state index in [4.69, 9.17) is 9.47 Å². The Morgan fingerprint density at radius 1 is 0.807 bits per heavy atom. The molecule has 0 aromatic heterocycles. The fraction of sp³-hybridized carbons (Fsp3) is 0.319. The second kappa shape index (κ2) is 19.7. The number of fused-ring (bicyclic) bond motifs is 4. The third-order valence-corrected chi connectivity index (χ3v) is 10.8. The molecule has 1 aliphatic carbocycles. The highest BCUT2D eigenvalue weighted by Crippen LogP contribution is 2.44. The van der Waals surface area contributed by atoms with Gasteiger partial charge in [0, 0.05) is 18.9 Å². The van der Waals surface area contributed by atoms with Crippen LogP contribution in [0.2, 0.25) is 0 Å². The van der Waals surface area contributed by atoms with Gasteiger partial charge >= 0.3 is 12.1 Å². The molecule has 3 N–H and O–H groups in total. The van der Waals surface area contributed by atoms with E-state index in [1.165, 1.54) is 0 Å². The van der Waals surface area contributed by atoms with E-state index in [-0.39, 0.29) is 62.9 Å². The molecule has 2 aliphatic rings. The van der Waals surface area contributed by atoms with Gasteiger partial charge in [-0.1, -0.05) is 115 Å². The average Bonchev–Trinajstić information content (AvgIpc) is 3.56. The van der Waals surface area contributed by atoms with Crippen molar-refractivity contribution in [3.8, 4) is 11.1 Å². The summed E-state index contributed by atoms with van der Waals surface area (Å²) in [6.45, 7) is 7.67. The summed E-state index contributed by atoms with van der Waals surface area (Å²) in [7, 11) is 0. The summed E-state index contributed by atoms with van der Waals surface area (Å²) in [6, 6.07) is 31.4. The first kappa shape index (κ1) is 40.7. The highest BCUT2D eigenvalue weighted by atomic mass is 16.6. The van der Waals surface area contributed by atoms with Crippen molar-refractivity contribution < 1.29 is 33.8 Å². The van der Waals surface area contributed by atoms with Crippen molar-refractivity contribution in [1.29, 1.82) is 0 Å². The van der Waals surface area contributed by atoms with Crippen LogP contribution in [0.1, 0.15) is 59.4 Å². The van der Waals surface area contributed by atoms with E-state index in [9.17, 15) is 24.3 Å². The van der Waals surface area contributed by atoms with E-state index in [1.807, 2.05) is 91.0 Å². The lowest BCUT2D eigenvalue weighted by atomic mass is 9.92. The van der Waals surface area contributed by atoms with Gasteiger partial charge in [0.05, 0.1) is 24.6 Å². The smallest absolute Gasteiger partial charge is 0.407 e. The van der Waals surface area contributed by atoms with Crippen LogP contribution < -0.4 is 10.6 Å². The number of nitrogens with zero attached hydrogens (tertiary/aromatic N) is 1. The quantitative estimate of drug-likeness (QED) is 0.0762. The molecule has 0 unspecified atom stereocenters. The molecule has 10 nitrogen and oxygen atoms in total. The van der Waals surface area contributed by atoms with Crippen molar-refractivity contribution >= 4 is 23.9 Å². The molecule has 1 aliphatic heterocycles. The van der Waals surface area contributed by atoms with Crippen molar-refractivity contribution in [3.05, 3.63) is 156 Å². The number of alkyl carbamates (subject to hydrolysis) is 1. The topological polar surface area (TPSA) is 134 Å². The number of aliphatic hydroxyl groups is 1. The zero-order valence-electron chi connectivity index (χ0n) is 32.2. The largest absolute Gasteiger partial charge is 0.462 e. The number of carbonyl (C=O) groups excluding carboxylic acids is 4. The Hall–Kier alpha value is -6.00. The molecular weight excluding hydrogens is 719 g/mol. The summed E-state index contributed by atoms with van der Waals surface area (Å²) in [5.41, 5.74) is 7.39. The number of hydrogen-bond acceptors (Lipinski definition) is 7. The maximum atomic E-state index is 13.9. The molecule has 4 atom stereocenters. The standard InChI is InChI=1S/C47H51N3O7/c1-3-5-24-43(49-47(55)57-31-42-40-22-13-11-20-38(40)39-21-12-14-23-41(39)42)46(54)56-30-36(25-32-16-7-6-8-17-32)48-45(53)34(15-4-2)27-44(52)50-28-35-19-10-9-18-33(35)26-37(50)29-51/h3-4,6-14,16-23,34,36-37,42-43,51H,1-2,5,15,24-31H2,(H,48,53)(H,49,55)/t34-,36+,37+,43+/m1/s1. The van der Waals surface area contributed by atoms with Crippen molar-refractivity contribution in [2.45, 2.75) is 69.1 Å². The summed E-state index contributed by atoms with van der Waals surface area (Å²) in [5, 5.41) is 15.9. The fourth-order valence-electron chi connectivity index (χ4n) is 7.82. The van der Waals surface area contributed by atoms with Gasteiger partial charge in [-0.25, -0.2) is 9.59 Å². The van der Waals surface area contributed by atoms with Crippen LogP contribution in [0.15, 0.2) is 128 Å². The van der Waals surface area contributed by atoms with Gasteiger partial charge in [-0.05, 0) is 71.0 Å². The number of ether oxygens (including phenoxy) is 2. The Morgan fingerprint density at radius 3 is 2.12 bits per heavy atom. The first-order chi connectivity index (χ1) is 27.8. The Balaban J connectivity index is 1.09. The number of rotatable bonds is 18. The van der Waals surface area contributed by atoms with Crippen molar-refractivity contribution in [2.75, 3.05) is 19.8 Å². The van der Waals surface area contributed by atoms with Gasteiger partial charge in [0.2, 0.25) is 11.8 Å². The first-order valence-corrected chi connectivity index (χ1v) is 19.6. The summed E-state index contributed by atoms with van der Waals surface area (Å²) < 4.78 is 11.5. The molecule has 4 aromatic carbocycles. The lowest BCUT2D eigenvalue weighted by Crippen LogP contribution is -2.49. The highest BCUT2D eigenvalue weighted by Gasteiger charge is 2.33. The minimum atomic E-state index is -1.02. The molecule has 4 aromatic rings. The van der Waals surface area contributed by atoms with Crippen LogP contribution in [0.5, 0.6) is 0 Å². The lowest BCUT2D eigenvalue weighted by Gasteiger charge is -2.36. The molecular formula is C47H51N3O7. The van der Waals surface area contributed by atoms with Gasteiger partial charge in [0.1, 0.15) is 19.3 Å². The number of allylic oxidation sites excluding steroid dienone is 2. The predicted molar refractivity (Wildman–Crippen MR) is 219 cm³/mol. The number of nitrogens with one attached hydrogen (secondary N) is 2.